The molecule has 0 aromatic heterocycles. The molecule has 1 aliphatic carbocycles. The summed E-state index contributed by atoms with van der Waals surface area (Å²) in [6.07, 6.45) is 5.24. The molecule has 23 heavy (non-hydrogen) atoms. The van der Waals surface area contributed by atoms with Crippen molar-refractivity contribution in [3.05, 3.63) is 0 Å². The van der Waals surface area contributed by atoms with Crippen molar-refractivity contribution in [2.24, 2.45) is 16.8 Å². The lowest BCUT2D eigenvalue weighted by atomic mass is 9.83. The number of guanidine groups is 1. The highest BCUT2D eigenvalue weighted by Gasteiger charge is 2.20. The summed E-state index contributed by atoms with van der Waals surface area (Å²) in [5.74, 6) is 2.34. The Morgan fingerprint density at radius 2 is 1.91 bits per heavy atom. The molecule has 0 bridgehead atoms. The molecule has 0 heterocycles. The van der Waals surface area contributed by atoms with Crippen molar-refractivity contribution in [1.29, 1.82) is 0 Å². The third-order valence-corrected chi connectivity index (χ3v) is 4.28. The first-order valence-corrected chi connectivity index (χ1v) is 8.24. The average Bonchev–Trinajstić information content (AvgIpc) is 2.50. The molecular weight excluding hydrogens is 407 g/mol. The molecule has 1 amide bonds. The molecule has 0 aliphatic heterocycles. The number of carbonyl (C=O) groups excluding carboxylic acids is 1. The Morgan fingerprint density at radius 1 is 1.26 bits per heavy atom. The van der Waals surface area contributed by atoms with Crippen LogP contribution in [0.15, 0.2) is 4.99 Å². The van der Waals surface area contributed by atoms with Gasteiger partial charge in [-0.1, -0.05) is 19.8 Å². The molecule has 0 saturated heterocycles. The molecule has 1 rings (SSSR count). The third-order valence-electron chi connectivity index (χ3n) is 4.28. The van der Waals surface area contributed by atoms with Crippen LogP contribution in [0.5, 0.6) is 0 Å². The lowest BCUT2D eigenvalue weighted by Gasteiger charge is -2.31. The van der Waals surface area contributed by atoms with Crippen LogP contribution in [0.2, 0.25) is 0 Å². The Labute approximate surface area is 157 Å². The Morgan fingerprint density at radius 3 is 2.48 bits per heavy atom. The SMILES string of the molecule is CN=C(NCC(=O)NCCOC)N(C)CC1CCC(C)CC1.I. The molecule has 0 aromatic rings. The van der Waals surface area contributed by atoms with Gasteiger partial charge in [-0.15, -0.1) is 24.0 Å². The molecule has 0 atom stereocenters. The number of hydrogen-bond donors (Lipinski definition) is 2. The number of methoxy groups -OCH3 is 1. The molecule has 1 saturated carbocycles. The minimum atomic E-state index is -0.0434. The summed E-state index contributed by atoms with van der Waals surface area (Å²) in [5, 5.41) is 5.91. The molecule has 1 aliphatic rings. The molecule has 6 nitrogen and oxygen atoms in total. The molecule has 7 heteroatoms. The standard InChI is InChI=1S/C16H32N4O2.HI/c1-13-5-7-14(8-6-13)12-20(3)16(17-2)19-11-15(21)18-9-10-22-4;/h13-14H,5-12H2,1-4H3,(H,17,19)(H,18,21);1H. The Kier molecular flexibility index (Phi) is 12.5. The van der Waals surface area contributed by atoms with Gasteiger partial charge in [-0.3, -0.25) is 9.79 Å². The predicted molar refractivity (Wildman–Crippen MR) is 105 cm³/mol. The van der Waals surface area contributed by atoms with E-state index in [1.807, 2.05) is 7.05 Å². The fourth-order valence-corrected chi connectivity index (χ4v) is 2.88. The van der Waals surface area contributed by atoms with E-state index in [1.165, 1.54) is 25.7 Å². The maximum absolute atomic E-state index is 11.7. The van der Waals surface area contributed by atoms with Gasteiger partial charge in [0.15, 0.2) is 5.96 Å². The summed E-state index contributed by atoms with van der Waals surface area (Å²) in [5.41, 5.74) is 0. The lowest BCUT2D eigenvalue weighted by Crippen LogP contribution is -2.46. The first kappa shape index (κ1) is 22.4. The zero-order valence-corrected chi connectivity index (χ0v) is 17.3. The number of rotatable bonds is 7. The number of amides is 1. The molecule has 0 spiro atoms. The lowest BCUT2D eigenvalue weighted by molar-refractivity contribution is -0.120. The second-order valence-corrected chi connectivity index (χ2v) is 6.25. The average molecular weight is 440 g/mol. The summed E-state index contributed by atoms with van der Waals surface area (Å²) in [6.45, 7) is 4.63. The Bertz CT molecular complexity index is 358. The molecule has 0 radical (unpaired) electrons. The van der Waals surface area contributed by atoms with Crippen molar-refractivity contribution in [2.45, 2.75) is 32.6 Å². The van der Waals surface area contributed by atoms with Crippen LogP contribution in [0.1, 0.15) is 32.6 Å². The minimum absolute atomic E-state index is 0. The van der Waals surface area contributed by atoms with Gasteiger partial charge >= 0.3 is 0 Å². The van der Waals surface area contributed by atoms with E-state index in [9.17, 15) is 4.79 Å². The van der Waals surface area contributed by atoms with E-state index in [1.54, 1.807) is 14.2 Å². The van der Waals surface area contributed by atoms with Gasteiger partial charge < -0.3 is 20.3 Å². The number of ether oxygens (including phenoxy) is 1. The Hall–Kier alpha value is -0.570. The van der Waals surface area contributed by atoms with Gasteiger partial charge in [0.2, 0.25) is 5.91 Å². The van der Waals surface area contributed by atoms with Crippen LogP contribution in [0, 0.1) is 11.8 Å². The van der Waals surface area contributed by atoms with Gasteiger partial charge in [0.25, 0.3) is 0 Å². The first-order chi connectivity index (χ1) is 10.6. The van der Waals surface area contributed by atoms with Crippen LogP contribution in [-0.4, -0.2) is 64.2 Å². The number of nitrogens with zero attached hydrogens (tertiary/aromatic N) is 2. The third kappa shape index (κ3) is 9.34. The molecular formula is C16H33IN4O2. The van der Waals surface area contributed by atoms with E-state index < -0.39 is 0 Å². The fraction of sp³-hybridized carbons (Fsp3) is 0.875. The van der Waals surface area contributed by atoms with Crippen molar-refractivity contribution in [3.63, 3.8) is 0 Å². The summed E-state index contributed by atoms with van der Waals surface area (Å²) < 4.78 is 4.90. The van der Waals surface area contributed by atoms with Crippen LogP contribution in [0.25, 0.3) is 0 Å². The zero-order chi connectivity index (χ0) is 16.4. The molecule has 136 valence electrons. The quantitative estimate of drug-likeness (QED) is 0.274. The highest BCUT2D eigenvalue weighted by molar-refractivity contribution is 14.0. The van der Waals surface area contributed by atoms with Gasteiger partial charge in [0.1, 0.15) is 0 Å². The van der Waals surface area contributed by atoms with Crippen molar-refractivity contribution < 1.29 is 9.53 Å². The topological polar surface area (TPSA) is 66.0 Å². The van der Waals surface area contributed by atoms with Crippen molar-refractivity contribution >= 4 is 35.8 Å². The van der Waals surface area contributed by atoms with E-state index in [-0.39, 0.29) is 36.4 Å². The maximum Gasteiger partial charge on any atom is 0.239 e. The van der Waals surface area contributed by atoms with Crippen molar-refractivity contribution in [3.8, 4) is 0 Å². The smallest absolute Gasteiger partial charge is 0.239 e. The van der Waals surface area contributed by atoms with Gasteiger partial charge in [-0.25, -0.2) is 0 Å². The summed E-state index contributed by atoms with van der Waals surface area (Å²) in [4.78, 5) is 18.1. The number of hydrogen-bond acceptors (Lipinski definition) is 3. The van der Waals surface area contributed by atoms with Crippen LogP contribution >= 0.6 is 24.0 Å². The largest absolute Gasteiger partial charge is 0.383 e. The second-order valence-electron chi connectivity index (χ2n) is 6.25. The van der Waals surface area contributed by atoms with Crippen LogP contribution < -0.4 is 10.6 Å². The van der Waals surface area contributed by atoms with Gasteiger partial charge in [0, 0.05) is 34.3 Å². The zero-order valence-electron chi connectivity index (χ0n) is 14.9. The van der Waals surface area contributed by atoms with E-state index in [0.29, 0.717) is 13.2 Å². The monoisotopic (exact) mass is 440 g/mol. The predicted octanol–water partition coefficient (Wildman–Crippen LogP) is 1.70. The van der Waals surface area contributed by atoms with E-state index in [4.69, 9.17) is 4.74 Å². The molecule has 1 fully saturated rings. The van der Waals surface area contributed by atoms with E-state index in [0.717, 1.165) is 24.3 Å². The fourth-order valence-electron chi connectivity index (χ4n) is 2.88. The van der Waals surface area contributed by atoms with Crippen LogP contribution in [0.4, 0.5) is 0 Å². The second kappa shape index (κ2) is 12.8. The Balaban J connectivity index is 0.00000484. The van der Waals surface area contributed by atoms with Gasteiger partial charge in [0.05, 0.1) is 13.2 Å². The van der Waals surface area contributed by atoms with E-state index >= 15 is 0 Å². The number of halogens is 1. The normalized spacial score (nSPS) is 21.3. The van der Waals surface area contributed by atoms with Crippen molar-refractivity contribution in [1.82, 2.24) is 15.5 Å². The number of nitrogens with one attached hydrogen (secondary N) is 2. The van der Waals surface area contributed by atoms with Crippen molar-refractivity contribution in [2.75, 3.05) is 47.4 Å². The molecule has 2 N–H and O–H groups in total. The summed E-state index contributed by atoms with van der Waals surface area (Å²) >= 11 is 0. The number of carbonyl (C=O) groups is 1. The number of aliphatic imine (C=N–C) groups is 1. The molecule has 0 unspecified atom stereocenters. The van der Waals surface area contributed by atoms with Crippen LogP contribution in [-0.2, 0) is 9.53 Å². The highest BCUT2D eigenvalue weighted by Crippen LogP contribution is 2.28. The summed E-state index contributed by atoms with van der Waals surface area (Å²) in [7, 11) is 5.41. The van der Waals surface area contributed by atoms with Gasteiger partial charge in [-0.2, -0.15) is 0 Å². The van der Waals surface area contributed by atoms with Crippen LogP contribution in [0.3, 0.4) is 0 Å². The maximum atomic E-state index is 11.7. The van der Waals surface area contributed by atoms with E-state index in [2.05, 4.69) is 27.4 Å². The molecule has 0 aromatic carbocycles. The minimum Gasteiger partial charge on any atom is -0.383 e. The first-order valence-electron chi connectivity index (χ1n) is 8.24. The highest BCUT2D eigenvalue weighted by atomic mass is 127. The van der Waals surface area contributed by atoms with Gasteiger partial charge in [-0.05, 0) is 24.7 Å². The summed E-state index contributed by atoms with van der Waals surface area (Å²) in [6, 6.07) is 0.